The van der Waals surface area contributed by atoms with E-state index >= 15 is 0 Å². The molecule has 0 saturated carbocycles. The van der Waals surface area contributed by atoms with E-state index in [2.05, 4.69) is 10.3 Å². The number of amides is 2. The number of carbonyl (C=O) groups is 2. The third-order valence-corrected chi connectivity index (χ3v) is 4.96. The molecule has 1 N–H and O–H groups in total. The third-order valence-electron chi connectivity index (χ3n) is 2.95. The van der Waals surface area contributed by atoms with Gasteiger partial charge in [0.2, 0.25) is 5.91 Å². The lowest BCUT2D eigenvalue weighted by Crippen LogP contribution is -2.22. The number of rotatable bonds is 3. The second-order valence-corrected chi connectivity index (χ2v) is 7.15. The first-order chi connectivity index (χ1) is 11.0. The van der Waals surface area contributed by atoms with Gasteiger partial charge in [0.05, 0.1) is 16.3 Å². The summed E-state index contributed by atoms with van der Waals surface area (Å²) in [6.45, 7) is 1.49. The molecule has 2 heterocycles. The van der Waals surface area contributed by atoms with Gasteiger partial charge in [-0.1, -0.05) is 42.2 Å². The van der Waals surface area contributed by atoms with Crippen molar-refractivity contribution in [2.24, 2.45) is 0 Å². The lowest BCUT2D eigenvalue weighted by Gasteiger charge is -2.17. The van der Waals surface area contributed by atoms with Gasteiger partial charge in [-0.15, -0.1) is 11.3 Å². The summed E-state index contributed by atoms with van der Waals surface area (Å²) in [6, 6.07) is 9.31. The average molecular weight is 361 g/mol. The van der Waals surface area contributed by atoms with Crippen LogP contribution < -0.4 is 10.2 Å². The summed E-state index contributed by atoms with van der Waals surface area (Å²) < 4.78 is 0.436. The van der Waals surface area contributed by atoms with E-state index in [0.717, 1.165) is 5.69 Å². The third kappa shape index (κ3) is 3.49. The van der Waals surface area contributed by atoms with Gasteiger partial charge in [-0.3, -0.25) is 14.5 Å². The number of hydrogen-bond acceptors (Lipinski definition) is 6. The number of para-hydroxylation sites is 1. The Labute approximate surface area is 146 Å². The quantitative estimate of drug-likeness (QED) is 0.671. The first-order valence-electron chi connectivity index (χ1n) is 6.61. The molecule has 0 spiro atoms. The topological polar surface area (TPSA) is 62.3 Å². The maximum Gasteiger partial charge on any atom is 0.263 e. The molecule has 23 heavy (non-hydrogen) atoms. The molecule has 1 aliphatic rings. The Balaban J connectivity index is 1.91. The van der Waals surface area contributed by atoms with Crippen molar-refractivity contribution in [3.8, 4) is 0 Å². The maximum atomic E-state index is 12.0. The number of aromatic nitrogens is 1. The zero-order valence-electron chi connectivity index (χ0n) is 12.0. The fraction of sp³-hybridized carbons (Fsp3) is 0.0667. The molecule has 1 fully saturated rings. The van der Waals surface area contributed by atoms with Crippen LogP contribution in [0.1, 0.15) is 12.6 Å². The minimum atomic E-state index is -0.221. The van der Waals surface area contributed by atoms with Gasteiger partial charge >= 0.3 is 0 Å². The molecule has 0 aliphatic carbocycles. The van der Waals surface area contributed by atoms with Crippen molar-refractivity contribution in [3.63, 3.8) is 0 Å². The van der Waals surface area contributed by atoms with Crippen molar-refractivity contribution in [1.29, 1.82) is 0 Å². The molecule has 1 saturated heterocycles. The minimum absolute atomic E-state index is 0.126. The summed E-state index contributed by atoms with van der Waals surface area (Å²) in [5.41, 5.74) is 1.37. The zero-order chi connectivity index (χ0) is 16.4. The number of nitrogens with zero attached hydrogens (tertiary/aromatic N) is 2. The molecule has 2 aromatic rings. The number of thioether (sulfide) groups is 1. The van der Waals surface area contributed by atoms with Crippen LogP contribution in [0.2, 0.25) is 0 Å². The first kappa shape index (κ1) is 15.9. The zero-order valence-corrected chi connectivity index (χ0v) is 14.4. The SMILES string of the molecule is CC(=O)N(c1ccccc1)c1nc(/C=C2/SC(=S)NC2=O)cs1. The van der Waals surface area contributed by atoms with Gasteiger partial charge in [-0.05, 0) is 18.2 Å². The predicted molar refractivity (Wildman–Crippen MR) is 97.7 cm³/mol. The molecule has 0 bridgehead atoms. The van der Waals surface area contributed by atoms with Gasteiger partial charge in [0.1, 0.15) is 4.32 Å². The Kier molecular flexibility index (Phi) is 4.56. The van der Waals surface area contributed by atoms with Crippen LogP contribution in [0.25, 0.3) is 6.08 Å². The van der Waals surface area contributed by atoms with E-state index < -0.39 is 0 Å². The molecule has 116 valence electrons. The van der Waals surface area contributed by atoms with Crippen LogP contribution in [0, 0.1) is 0 Å². The number of carbonyl (C=O) groups excluding carboxylic acids is 2. The highest BCUT2D eigenvalue weighted by Gasteiger charge is 2.23. The van der Waals surface area contributed by atoms with Crippen LogP contribution in [-0.4, -0.2) is 21.1 Å². The Morgan fingerprint density at radius 1 is 1.35 bits per heavy atom. The smallest absolute Gasteiger partial charge is 0.263 e. The summed E-state index contributed by atoms with van der Waals surface area (Å²) in [7, 11) is 0. The summed E-state index contributed by atoms with van der Waals surface area (Å²) in [6.07, 6.45) is 1.67. The van der Waals surface area contributed by atoms with Crippen molar-refractivity contribution in [3.05, 3.63) is 46.3 Å². The first-order valence-corrected chi connectivity index (χ1v) is 8.71. The number of nitrogens with one attached hydrogen (secondary N) is 1. The Morgan fingerprint density at radius 3 is 2.70 bits per heavy atom. The van der Waals surface area contributed by atoms with Gasteiger partial charge in [-0.25, -0.2) is 4.98 Å². The van der Waals surface area contributed by atoms with Crippen molar-refractivity contribution in [1.82, 2.24) is 10.3 Å². The van der Waals surface area contributed by atoms with Gasteiger partial charge in [0.15, 0.2) is 5.13 Å². The van der Waals surface area contributed by atoms with Crippen LogP contribution in [0.4, 0.5) is 10.8 Å². The van der Waals surface area contributed by atoms with E-state index in [1.165, 1.54) is 30.0 Å². The van der Waals surface area contributed by atoms with Gasteiger partial charge in [0, 0.05) is 12.3 Å². The van der Waals surface area contributed by atoms with E-state index in [9.17, 15) is 9.59 Å². The fourth-order valence-corrected chi connectivity index (χ4v) is 3.88. The van der Waals surface area contributed by atoms with E-state index in [-0.39, 0.29) is 11.8 Å². The minimum Gasteiger partial charge on any atom is -0.307 e. The molecular formula is C15H11N3O2S3. The van der Waals surface area contributed by atoms with E-state index in [4.69, 9.17) is 12.2 Å². The van der Waals surface area contributed by atoms with Crippen molar-refractivity contribution in [2.45, 2.75) is 6.92 Å². The number of hydrogen-bond donors (Lipinski definition) is 1. The number of thiazole rings is 1. The molecule has 1 aliphatic heterocycles. The average Bonchev–Trinajstić information content (AvgIpc) is 3.07. The van der Waals surface area contributed by atoms with Crippen LogP contribution in [-0.2, 0) is 9.59 Å². The predicted octanol–water partition coefficient (Wildman–Crippen LogP) is 3.32. The largest absolute Gasteiger partial charge is 0.307 e. The normalized spacial score (nSPS) is 15.8. The molecule has 3 rings (SSSR count). The lowest BCUT2D eigenvalue weighted by molar-refractivity contribution is -0.116. The monoisotopic (exact) mass is 361 g/mol. The van der Waals surface area contributed by atoms with E-state index in [1.807, 2.05) is 30.3 Å². The molecule has 0 radical (unpaired) electrons. The van der Waals surface area contributed by atoms with Crippen LogP contribution in [0.3, 0.4) is 0 Å². The number of benzene rings is 1. The molecule has 0 unspecified atom stereocenters. The van der Waals surface area contributed by atoms with Gasteiger partial charge in [0.25, 0.3) is 5.91 Å². The van der Waals surface area contributed by atoms with Gasteiger partial charge in [-0.2, -0.15) is 0 Å². The van der Waals surface area contributed by atoms with Crippen LogP contribution >= 0.6 is 35.3 Å². The second-order valence-electron chi connectivity index (χ2n) is 4.60. The molecule has 0 atom stereocenters. The van der Waals surface area contributed by atoms with Crippen molar-refractivity contribution < 1.29 is 9.59 Å². The van der Waals surface area contributed by atoms with E-state index in [0.29, 0.717) is 20.1 Å². The van der Waals surface area contributed by atoms with Crippen LogP contribution in [0.5, 0.6) is 0 Å². The Hall–Kier alpha value is -2.03. The highest BCUT2D eigenvalue weighted by Crippen LogP contribution is 2.31. The number of thiocarbonyl (C=S) groups is 1. The maximum absolute atomic E-state index is 12.0. The molecule has 2 amide bonds. The highest BCUT2D eigenvalue weighted by atomic mass is 32.2. The summed E-state index contributed by atoms with van der Waals surface area (Å²) in [4.78, 5) is 30.2. The Bertz CT molecular complexity index is 814. The summed E-state index contributed by atoms with van der Waals surface area (Å²) in [5, 5.41) is 4.92. The Morgan fingerprint density at radius 2 is 2.09 bits per heavy atom. The second kappa shape index (κ2) is 6.61. The van der Waals surface area contributed by atoms with Gasteiger partial charge < -0.3 is 5.32 Å². The standard InChI is InChI=1S/C15H11N3O2S3/c1-9(19)18(11-5-3-2-4-6-11)14-16-10(8-22-14)7-12-13(20)17-15(21)23-12/h2-8H,1H3,(H,17,20,21)/b12-7+. The van der Waals surface area contributed by atoms with Crippen LogP contribution in [0.15, 0.2) is 40.6 Å². The summed E-state index contributed by atoms with van der Waals surface area (Å²) in [5.74, 6) is -0.347. The molecular weight excluding hydrogens is 350 g/mol. The molecule has 1 aromatic carbocycles. The fourth-order valence-electron chi connectivity index (χ4n) is 2.00. The van der Waals surface area contributed by atoms with Crippen molar-refractivity contribution in [2.75, 3.05) is 4.90 Å². The molecule has 5 nitrogen and oxygen atoms in total. The summed E-state index contributed by atoms with van der Waals surface area (Å²) >= 11 is 7.50. The lowest BCUT2D eigenvalue weighted by atomic mass is 10.3. The van der Waals surface area contributed by atoms with E-state index in [1.54, 1.807) is 16.4 Å². The number of anilines is 2. The highest BCUT2D eigenvalue weighted by molar-refractivity contribution is 8.26. The molecule has 8 heteroatoms. The molecule has 1 aromatic heterocycles. The van der Waals surface area contributed by atoms with Crippen molar-refractivity contribution >= 4 is 68.3 Å².